The van der Waals surface area contributed by atoms with Gasteiger partial charge in [-0.05, 0) is 35.2 Å². The van der Waals surface area contributed by atoms with E-state index in [4.69, 9.17) is 15.2 Å². The van der Waals surface area contributed by atoms with Crippen LogP contribution in [0.2, 0.25) is 0 Å². The molecule has 2 aromatic carbocycles. The van der Waals surface area contributed by atoms with Gasteiger partial charge in [0.15, 0.2) is 0 Å². The smallest absolute Gasteiger partial charge is 0.143 e. The first-order valence-corrected chi connectivity index (χ1v) is 11.5. The van der Waals surface area contributed by atoms with E-state index in [9.17, 15) is 5.11 Å². The molecule has 0 atom stereocenters. The molecule has 0 saturated carbocycles. The number of rotatable bonds is 10. The van der Waals surface area contributed by atoms with Crippen molar-refractivity contribution in [3.05, 3.63) is 72.4 Å². The maximum absolute atomic E-state index is 9.44. The van der Waals surface area contributed by atoms with Crippen molar-refractivity contribution >= 4 is 34.1 Å². The van der Waals surface area contributed by atoms with Crippen molar-refractivity contribution in [1.29, 1.82) is 0 Å². The Balaban J connectivity index is 1.60. The number of imidazole rings is 1. The van der Waals surface area contributed by atoms with Gasteiger partial charge in [0.25, 0.3) is 0 Å². The van der Waals surface area contributed by atoms with Gasteiger partial charge in [-0.2, -0.15) is 0 Å². The van der Waals surface area contributed by atoms with E-state index in [-0.39, 0.29) is 6.61 Å². The standard InChI is InChI=1S/C27H30N6O3/c1-33-24(16-31-27(33)17-34)19-6-7-23(25(11-19)36-3)32-26-12-21-10-18(4-5-20(21)15-30-26)22(13-28)14-29-8-9-35-2/h4-7,10-16,34H,8-9,17,28H2,1-3H3,(H,30,32). The number of benzene rings is 2. The Hall–Kier alpha value is -4.21. The molecule has 0 radical (unpaired) electrons. The SMILES string of the molecule is COCCN=CC(=CN)c1ccc2cnc(Nc3ccc(-c4cnc(CO)n4C)cc3OC)cc2c1. The highest BCUT2D eigenvalue weighted by Gasteiger charge is 2.12. The molecule has 0 saturated heterocycles. The highest BCUT2D eigenvalue weighted by Crippen LogP contribution is 2.33. The highest BCUT2D eigenvalue weighted by atomic mass is 16.5. The van der Waals surface area contributed by atoms with Crippen molar-refractivity contribution in [3.63, 3.8) is 0 Å². The van der Waals surface area contributed by atoms with E-state index >= 15 is 0 Å². The molecular formula is C27H30N6O3. The van der Waals surface area contributed by atoms with E-state index in [1.807, 2.05) is 54.2 Å². The number of aliphatic hydroxyl groups is 1. The lowest BCUT2D eigenvalue weighted by Gasteiger charge is -2.13. The average Bonchev–Trinajstić information content (AvgIpc) is 3.28. The van der Waals surface area contributed by atoms with Crippen LogP contribution in [0.1, 0.15) is 11.4 Å². The second-order valence-electron chi connectivity index (χ2n) is 8.10. The number of hydrogen-bond donors (Lipinski definition) is 3. The monoisotopic (exact) mass is 486 g/mol. The Labute approximate surface area is 209 Å². The van der Waals surface area contributed by atoms with E-state index in [0.717, 1.165) is 38.9 Å². The van der Waals surface area contributed by atoms with Crippen molar-refractivity contribution in [2.45, 2.75) is 6.61 Å². The number of allylic oxidation sites excluding steroid dienone is 1. The number of hydrogen-bond acceptors (Lipinski definition) is 8. The van der Waals surface area contributed by atoms with Crippen molar-refractivity contribution in [2.75, 3.05) is 32.7 Å². The van der Waals surface area contributed by atoms with E-state index in [1.54, 1.807) is 32.8 Å². The number of ether oxygens (including phenoxy) is 2. The average molecular weight is 487 g/mol. The Morgan fingerprint density at radius 2 is 1.97 bits per heavy atom. The summed E-state index contributed by atoms with van der Waals surface area (Å²) >= 11 is 0. The lowest BCUT2D eigenvalue weighted by Crippen LogP contribution is -2.00. The number of nitrogens with zero attached hydrogens (tertiary/aromatic N) is 4. The van der Waals surface area contributed by atoms with E-state index in [0.29, 0.717) is 30.5 Å². The van der Waals surface area contributed by atoms with Gasteiger partial charge in [0.1, 0.15) is 24.0 Å². The number of aliphatic imine (C=N–C) groups is 1. The van der Waals surface area contributed by atoms with E-state index < -0.39 is 0 Å². The molecule has 9 nitrogen and oxygen atoms in total. The quantitative estimate of drug-likeness (QED) is 0.230. The number of methoxy groups -OCH3 is 2. The molecule has 186 valence electrons. The fourth-order valence-electron chi connectivity index (χ4n) is 3.86. The first-order valence-electron chi connectivity index (χ1n) is 11.5. The van der Waals surface area contributed by atoms with Crippen LogP contribution in [0.3, 0.4) is 0 Å². The molecule has 36 heavy (non-hydrogen) atoms. The molecule has 0 fully saturated rings. The van der Waals surface area contributed by atoms with Gasteiger partial charge < -0.3 is 30.2 Å². The van der Waals surface area contributed by atoms with E-state index in [1.165, 1.54) is 0 Å². The molecule has 0 spiro atoms. The van der Waals surface area contributed by atoms with Gasteiger partial charge in [-0.1, -0.05) is 18.2 Å². The zero-order valence-electron chi connectivity index (χ0n) is 20.6. The van der Waals surface area contributed by atoms with Gasteiger partial charge in [-0.3, -0.25) is 4.99 Å². The number of anilines is 2. The molecule has 0 aliphatic heterocycles. The Bertz CT molecular complexity index is 1410. The van der Waals surface area contributed by atoms with Crippen LogP contribution in [-0.4, -0.2) is 53.2 Å². The summed E-state index contributed by atoms with van der Waals surface area (Å²) in [6.07, 6.45) is 6.88. The minimum absolute atomic E-state index is 0.119. The van der Waals surface area contributed by atoms with Crippen molar-refractivity contribution in [1.82, 2.24) is 14.5 Å². The van der Waals surface area contributed by atoms with Crippen LogP contribution in [-0.2, 0) is 18.4 Å². The molecule has 4 N–H and O–H groups in total. The van der Waals surface area contributed by atoms with Gasteiger partial charge in [0.05, 0.1) is 37.8 Å². The third-order valence-electron chi connectivity index (χ3n) is 5.88. The number of fused-ring (bicyclic) bond motifs is 1. The van der Waals surface area contributed by atoms with Gasteiger partial charge in [-0.25, -0.2) is 9.97 Å². The first kappa shape index (κ1) is 24.9. The van der Waals surface area contributed by atoms with Crippen molar-refractivity contribution < 1.29 is 14.6 Å². The zero-order chi connectivity index (χ0) is 25.5. The topological polar surface area (TPSA) is 120 Å². The molecule has 4 aromatic rings. The lowest BCUT2D eigenvalue weighted by molar-refractivity contribution is 0.208. The molecule has 2 heterocycles. The number of aromatic nitrogens is 3. The third-order valence-corrected chi connectivity index (χ3v) is 5.88. The van der Waals surface area contributed by atoms with Crippen LogP contribution in [0.25, 0.3) is 27.6 Å². The maximum atomic E-state index is 9.44. The predicted octanol–water partition coefficient (Wildman–Crippen LogP) is 3.90. The molecule has 2 aromatic heterocycles. The summed E-state index contributed by atoms with van der Waals surface area (Å²) in [6, 6.07) is 13.9. The summed E-state index contributed by atoms with van der Waals surface area (Å²) in [7, 11) is 5.15. The largest absolute Gasteiger partial charge is 0.495 e. The summed E-state index contributed by atoms with van der Waals surface area (Å²) in [5, 5.41) is 14.8. The zero-order valence-corrected chi connectivity index (χ0v) is 20.6. The molecule has 0 bridgehead atoms. The van der Waals surface area contributed by atoms with Crippen LogP contribution >= 0.6 is 0 Å². The third kappa shape index (κ3) is 5.37. The predicted molar refractivity (Wildman–Crippen MR) is 144 cm³/mol. The molecule has 9 heteroatoms. The number of aliphatic hydroxyl groups excluding tert-OH is 1. The maximum Gasteiger partial charge on any atom is 0.143 e. The minimum Gasteiger partial charge on any atom is -0.495 e. The van der Waals surface area contributed by atoms with Crippen LogP contribution in [0.15, 0.2) is 66.1 Å². The Morgan fingerprint density at radius 3 is 2.69 bits per heavy atom. The fourth-order valence-corrected chi connectivity index (χ4v) is 3.86. The van der Waals surface area contributed by atoms with Crippen LogP contribution in [0.5, 0.6) is 5.75 Å². The summed E-state index contributed by atoms with van der Waals surface area (Å²) in [5.41, 5.74) is 10.2. The van der Waals surface area contributed by atoms with E-state index in [2.05, 4.69) is 26.3 Å². The Kier molecular flexibility index (Phi) is 7.94. The molecular weight excluding hydrogens is 456 g/mol. The summed E-state index contributed by atoms with van der Waals surface area (Å²) in [5.74, 6) is 1.94. The van der Waals surface area contributed by atoms with Gasteiger partial charge in [0, 0.05) is 49.3 Å². The summed E-state index contributed by atoms with van der Waals surface area (Å²) in [6.45, 7) is 1.01. The molecule has 4 rings (SSSR count). The number of pyridine rings is 1. The molecule has 0 amide bonds. The summed E-state index contributed by atoms with van der Waals surface area (Å²) in [4.78, 5) is 13.2. The normalized spacial score (nSPS) is 11.9. The molecule has 0 aliphatic rings. The van der Waals surface area contributed by atoms with Gasteiger partial charge in [0.2, 0.25) is 0 Å². The highest BCUT2D eigenvalue weighted by molar-refractivity contribution is 6.10. The second-order valence-corrected chi connectivity index (χ2v) is 8.10. The van der Waals surface area contributed by atoms with Crippen molar-refractivity contribution in [3.8, 4) is 17.0 Å². The minimum atomic E-state index is -0.119. The first-order chi connectivity index (χ1) is 17.6. The van der Waals surface area contributed by atoms with Crippen molar-refractivity contribution in [2.24, 2.45) is 17.8 Å². The van der Waals surface area contributed by atoms with Gasteiger partial charge >= 0.3 is 0 Å². The summed E-state index contributed by atoms with van der Waals surface area (Å²) < 4.78 is 12.5. The number of nitrogens with two attached hydrogens (primary N) is 1. The molecule has 0 unspecified atom stereocenters. The van der Waals surface area contributed by atoms with Crippen LogP contribution in [0.4, 0.5) is 11.5 Å². The van der Waals surface area contributed by atoms with Gasteiger partial charge in [-0.15, -0.1) is 0 Å². The fraction of sp³-hybridized carbons (Fsp3) is 0.222. The second kappa shape index (κ2) is 11.5. The van der Waals surface area contributed by atoms with Crippen LogP contribution < -0.4 is 15.8 Å². The van der Waals surface area contributed by atoms with Crippen LogP contribution in [0, 0.1) is 0 Å². The lowest BCUT2D eigenvalue weighted by atomic mass is 10.0. The molecule has 0 aliphatic carbocycles. The Morgan fingerprint density at radius 1 is 1.11 bits per heavy atom. The number of nitrogens with one attached hydrogen (secondary N) is 1.